The number of aryl methyl sites for hydroxylation is 1. The van der Waals surface area contributed by atoms with Crippen molar-refractivity contribution >= 4 is 34.4 Å². The predicted octanol–water partition coefficient (Wildman–Crippen LogP) is 4.09. The third-order valence-electron chi connectivity index (χ3n) is 8.33. The highest BCUT2D eigenvalue weighted by molar-refractivity contribution is 7.98. The molecule has 2 saturated heterocycles. The molecule has 228 valence electrons. The van der Waals surface area contributed by atoms with Gasteiger partial charge in [-0.15, -0.1) is 0 Å². The number of rotatable bonds is 14. The van der Waals surface area contributed by atoms with Crippen LogP contribution in [0.4, 0.5) is 5.82 Å². The monoisotopic (exact) mass is 601 g/mol. The average Bonchev–Trinajstić information content (AvgIpc) is 3.56. The topological polar surface area (TPSA) is 106 Å². The molecule has 10 heteroatoms. The second-order valence-electron chi connectivity index (χ2n) is 11.6. The molecule has 1 amide bonds. The number of amides is 1. The molecule has 0 spiro atoms. The van der Waals surface area contributed by atoms with Gasteiger partial charge in [0.15, 0.2) is 0 Å². The molecule has 2 aliphatic rings. The highest BCUT2D eigenvalue weighted by Crippen LogP contribution is 2.22. The number of nitrogens with zero attached hydrogens (tertiary/aromatic N) is 5. The number of thioether (sulfide) groups is 1. The lowest BCUT2D eigenvalue weighted by Crippen LogP contribution is -2.50. The molecular formula is C33H43N7O2S. The summed E-state index contributed by atoms with van der Waals surface area (Å²) in [7, 11) is 0. The summed E-state index contributed by atoms with van der Waals surface area (Å²) < 4.78 is 1.75. The second-order valence-corrected chi connectivity index (χ2v) is 12.6. The van der Waals surface area contributed by atoms with Gasteiger partial charge in [-0.1, -0.05) is 48.9 Å². The first-order valence-electron chi connectivity index (χ1n) is 15.6. The highest BCUT2D eigenvalue weighted by atomic mass is 32.2. The fourth-order valence-corrected chi connectivity index (χ4v) is 7.04. The number of anilines is 1. The molecule has 43 heavy (non-hydrogen) atoms. The first-order valence-corrected chi connectivity index (χ1v) is 16.8. The second kappa shape index (κ2) is 15.9. The molecule has 0 aliphatic carbocycles. The van der Waals surface area contributed by atoms with Crippen molar-refractivity contribution in [3.05, 3.63) is 70.6 Å². The van der Waals surface area contributed by atoms with E-state index in [4.69, 9.17) is 0 Å². The molecule has 5 rings (SSSR count). The van der Waals surface area contributed by atoms with Gasteiger partial charge in [0.25, 0.3) is 0 Å². The number of aromatic nitrogens is 2. The lowest BCUT2D eigenvalue weighted by molar-refractivity contribution is -0.121. The van der Waals surface area contributed by atoms with Crippen LogP contribution in [0.2, 0.25) is 0 Å². The standard InChI is InChI=1S/C33H43N7O2S/c34-22-27(23-39-18-7-2-8-19-39)35-32(41)29(25-43-24-26-12-3-1-4-13-26)36-31-28-14-5-6-15-30(28)40(33(42)37-31)21-11-20-38-16-9-10-17-38/h1,3-6,12-15,27,29H,2,7-11,16-21,23-25H2,(H,35,41)(H,36,37,42). The number of nitriles is 1. The number of fused-ring (bicyclic) bond motifs is 1. The molecule has 3 heterocycles. The van der Waals surface area contributed by atoms with E-state index in [0.717, 1.165) is 68.6 Å². The van der Waals surface area contributed by atoms with E-state index in [0.29, 0.717) is 24.7 Å². The summed E-state index contributed by atoms with van der Waals surface area (Å²) in [5.74, 6) is 1.35. The van der Waals surface area contributed by atoms with E-state index in [9.17, 15) is 14.9 Å². The summed E-state index contributed by atoms with van der Waals surface area (Å²) in [6.07, 6.45) is 6.83. The molecule has 2 aromatic carbocycles. The van der Waals surface area contributed by atoms with Gasteiger partial charge in [0.1, 0.15) is 17.9 Å². The van der Waals surface area contributed by atoms with Crippen LogP contribution < -0.4 is 16.3 Å². The van der Waals surface area contributed by atoms with Crippen LogP contribution in [0.5, 0.6) is 0 Å². The lowest BCUT2D eigenvalue weighted by Gasteiger charge is -2.29. The molecule has 2 N–H and O–H groups in total. The number of hydrogen-bond acceptors (Lipinski definition) is 8. The largest absolute Gasteiger partial charge is 0.357 e. The highest BCUT2D eigenvalue weighted by Gasteiger charge is 2.25. The van der Waals surface area contributed by atoms with Crippen LogP contribution in [0.1, 0.15) is 44.1 Å². The van der Waals surface area contributed by atoms with Crippen molar-refractivity contribution < 1.29 is 4.79 Å². The van der Waals surface area contributed by atoms with Crippen LogP contribution in [0.15, 0.2) is 59.4 Å². The number of hydrogen-bond donors (Lipinski definition) is 2. The first-order chi connectivity index (χ1) is 21.1. The minimum atomic E-state index is -0.674. The maximum absolute atomic E-state index is 13.7. The molecular weight excluding hydrogens is 558 g/mol. The van der Waals surface area contributed by atoms with E-state index in [1.807, 2.05) is 42.5 Å². The summed E-state index contributed by atoms with van der Waals surface area (Å²) in [6, 6.07) is 18.9. The third kappa shape index (κ3) is 8.82. The van der Waals surface area contributed by atoms with Crippen molar-refractivity contribution in [3.63, 3.8) is 0 Å². The molecule has 2 unspecified atom stereocenters. The predicted molar refractivity (Wildman–Crippen MR) is 174 cm³/mol. The summed E-state index contributed by atoms with van der Waals surface area (Å²) in [6.45, 7) is 6.25. The Kier molecular flexibility index (Phi) is 11.5. The van der Waals surface area contributed by atoms with E-state index < -0.39 is 12.1 Å². The fraction of sp³-hybridized carbons (Fsp3) is 0.515. The summed E-state index contributed by atoms with van der Waals surface area (Å²) in [4.78, 5) is 36.2. The molecule has 1 aromatic heterocycles. The number of carbonyl (C=O) groups is 1. The Bertz CT molecular complexity index is 1430. The van der Waals surface area contributed by atoms with Gasteiger partial charge in [0, 0.05) is 30.0 Å². The molecule has 0 bridgehead atoms. The summed E-state index contributed by atoms with van der Waals surface area (Å²) in [5.41, 5.74) is 1.66. The van der Waals surface area contributed by atoms with E-state index in [2.05, 4.69) is 43.6 Å². The van der Waals surface area contributed by atoms with Crippen molar-refractivity contribution in [2.24, 2.45) is 0 Å². The van der Waals surface area contributed by atoms with Crippen LogP contribution in [-0.2, 0) is 17.1 Å². The Labute approximate surface area is 258 Å². The summed E-state index contributed by atoms with van der Waals surface area (Å²) in [5, 5.41) is 17.0. The van der Waals surface area contributed by atoms with Crippen LogP contribution in [0, 0.1) is 11.3 Å². The van der Waals surface area contributed by atoms with Gasteiger partial charge in [-0.05, 0) is 82.5 Å². The van der Waals surface area contributed by atoms with Crippen LogP contribution in [0.25, 0.3) is 10.9 Å². The maximum Gasteiger partial charge on any atom is 0.350 e. The van der Waals surface area contributed by atoms with E-state index in [1.54, 1.807) is 16.3 Å². The average molecular weight is 602 g/mol. The van der Waals surface area contributed by atoms with Crippen LogP contribution >= 0.6 is 11.8 Å². The number of carbonyl (C=O) groups excluding carboxylic acids is 1. The smallest absolute Gasteiger partial charge is 0.350 e. The number of nitrogens with one attached hydrogen (secondary N) is 2. The van der Waals surface area contributed by atoms with E-state index in [-0.39, 0.29) is 11.6 Å². The number of para-hydroxylation sites is 1. The van der Waals surface area contributed by atoms with Gasteiger partial charge in [0.2, 0.25) is 5.91 Å². The third-order valence-corrected chi connectivity index (χ3v) is 9.43. The van der Waals surface area contributed by atoms with Gasteiger partial charge < -0.3 is 20.4 Å². The minimum absolute atomic E-state index is 0.259. The van der Waals surface area contributed by atoms with Gasteiger partial charge in [0.05, 0.1) is 11.6 Å². The van der Waals surface area contributed by atoms with Crippen LogP contribution in [0.3, 0.4) is 0 Å². The molecule has 3 aromatic rings. The van der Waals surface area contributed by atoms with E-state index in [1.165, 1.54) is 24.8 Å². The van der Waals surface area contributed by atoms with Crippen molar-refractivity contribution in [2.45, 2.75) is 62.9 Å². The van der Waals surface area contributed by atoms with E-state index >= 15 is 0 Å². The zero-order valence-corrected chi connectivity index (χ0v) is 25.7. The molecule has 2 aliphatic heterocycles. The SMILES string of the molecule is N#CC(CN1CCCCC1)NC(=O)C(CSCc1ccccc1)Nc1nc(=O)n(CCCN2CCCC2)c2ccccc12. The van der Waals surface area contributed by atoms with Crippen LogP contribution in [-0.4, -0.2) is 82.4 Å². The zero-order chi connectivity index (χ0) is 29.9. The van der Waals surface area contributed by atoms with Gasteiger partial charge in [-0.2, -0.15) is 22.0 Å². The quantitative estimate of drug-likeness (QED) is 0.285. The Hall–Kier alpha value is -3.39. The Morgan fingerprint density at radius 1 is 0.930 bits per heavy atom. The van der Waals surface area contributed by atoms with Crippen molar-refractivity contribution in [1.29, 1.82) is 5.26 Å². The van der Waals surface area contributed by atoms with Crippen molar-refractivity contribution in [2.75, 3.05) is 50.3 Å². The van der Waals surface area contributed by atoms with Crippen molar-refractivity contribution in [1.82, 2.24) is 24.7 Å². The molecule has 2 atom stereocenters. The number of piperidine rings is 1. The van der Waals surface area contributed by atoms with Gasteiger partial charge in [-0.3, -0.25) is 9.36 Å². The maximum atomic E-state index is 13.7. The summed E-state index contributed by atoms with van der Waals surface area (Å²) >= 11 is 1.64. The Balaban J connectivity index is 1.32. The first kappa shape index (κ1) is 31.0. The Morgan fingerprint density at radius 3 is 2.40 bits per heavy atom. The lowest BCUT2D eigenvalue weighted by atomic mass is 10.1. The number of likely N-dealkylation sites (tertiary alicyclic amines) is 2. The zero-order valence-electron chi connectivity index (χ0n) is 24.9. The molecule has 0 radical (unpaired) electrons. The van der Waals surface area contributed by atoms with Gasteiger partial charge >= 0.3 is 5.69 Å². The van der Waals surface area contributed by atoms with Crippen molar-refractivity contribution in [3.8, 4) is 6.07 Å². The van der Waals surface area contributed by atoms with Gasteiger partial charge in [-0.25, -0.2) is 4.79 Å². The normalized spacial score (nSPS) is 17.4. The minimum Gasteiger partial charge on any atom is -0.357 e. The molecule has 2 fully saturated rings. The molecule has 0 saturated carbocycles. The number of benzene rings is 2. The Morgan fingerprint density at radius 2 is 1.63 bits per heavy atom. The molecule has 9 nitrogen and oxygen atoms in total. The fourth-order valence-electron chi connectivity index (χ4n) is 6.02.